The lowest BCUT2D eigenvalue weighted by atomic mass is 10.1. The van der Waals surface area contributed by atoms with Gasteiger partial charge >= 0.3 is 0 Å². The van der Waals surface area contributed by atoms with Crippen LogP contribution in [0.2, 0.25) is 0 Å². The zero-order chi connectivity index (χ0) is 21.5. The molecule has 0 saturated heterocycles. The number of hydrogen-bond acceptors (Lipinski definition) is 2. The van der Waals surface area contributed by atoms with E-state index in [0.29, 0.717) is 13.1 Å². The lowest BCUT2D eigenvalue weighted by molar-refractivity contribution is -0.116. The highest BCUT2D eigenvalue weighted by Gasteiger charge is 2.25. The maximum atomic E-state index is 14.3. The van der Waals surface area contributed by atoms with Gasteiger partial charge in [-0.15, -0.1) is 0 Å². The van der Waals surface area contributed by atoms with Gasteiger partial charge in [0.1, 0.15) is 17.2 Å². The van der Waals surface area contributed by atoms with Crippen molar-refractivity contribution < 1.29 is 18.4 Å². The SMILES string of the molecule is CC(=O)N1CCCCCCCCN(C(=O)c2c(F)cccc2F)Cc2ccccc21. The Labute approximate surface area is 176 Å². The van der Waals surface area contributed by atoms with Crippen LogP contribution in [0.25, 0.3) is 0 Å². The van der Waals surface area contributed by atoms with Crippen molar-refractivity contribution in [1.82, 2.24) is 4.90 Å². The van der Waals surface area contributed by atoms with Gasteiger partial charge in [0.05, 0.1) is 0 Å². The number of para-hydroxylation sites is 1. The van der Waals surface area contributed by atoms with E-state index in [-0.39, 0.29) is 12.5 Å². The van der Waals surface area contributed by atoms with Gasteiger partial charge in [0, 0.05) is 32.2 Å². The summed E-state index contributed by atoms with van der Waals surface area (Å²) in [4.78, 5) is 28.7. The Bertz CT molecular complexity index is 880. The molecule has 1 heterocycles. The van der Waals surface area contributed by atoms with Crippen molar-refractivity contribution in [3.8, 4) is 0 Å². The number of carbonyl (C=O) groups excluding carboxylic acids is 2. The molecule has 0 atom stereocenters. The molecule has 30 heavy (non-hydrogen) atoms. The summed E-state index contributed by atoms with van der Waals surface area (Å²) in [7, 11) is 0. The number of carbonyl (C=O) groups is 2. The molecule has 6 heteroatoms. The zero-order valence-electron chi connectivity index (χ0n) is 17.4. The fourth-order valence-electron chi connectivity index (χ4n) is 3.95. The first kappa shape index (κ1) is 21.9. The first-order chi connectivity index (χ1) is 14.5. The van der Waals surface area contributed by atoms with Crippen molar-refractivity contribution in [3.63, 3.8) is 0 Å². The molecule has 0 bridgehead atoms. The lowest BCUT2D eigenvalue weighted by Crippen LogP contribution is -2.35. The molecule has 0 spiro atoms. The highest BCUT2D eigenvalue weighted by atomic mass is 19.1. The van der Waals surface area contributed by atoms with Gasteiger partial charge in [-0.25, -0.2) is 8.78 Å². The highest BCUT2D eigenvalue weighted by Crippen LogP contribution is 2.25. The molecule has 2 aromatic carbocycles. The third kappa shape index (κ3) is 5.23. The van der Waals surface area contributed by atoms with Gasteiger partial charge in [0.25, 0.3) is 5.91 Å². The van der Waals surface area contributed by atoms with Crippen LogP contribution in [-0.2, 0) is 11.3 Å². The number of rotatable bonds is 1. The number of benzene rings is 2. The van der Waals surface area contributed by atoms with Gasteiger partial charge in [0.15, 0.2) is 0 Å². The smallest absolute Gasteiger partial charge is 0.260 e. The van der Waals surface area contributed by atoms with Crippen molar-refractivity contribution in [1.29, 1.82) is 0 Å². The molecule has 1 aliphatic rings. The lowest BCUT2D eigenvalue weighted by Gasteiger charge is -2.28. The molecule has 0 radical (unpaired) electrons. The molecular weight excluding hydrogens is 386 g/mol. The molecule has 4 nitrogen and oxygen atoms in total. The van der Waals surface area contributed by atoms with E-state index >= 15 is 0 Å². The minimum absolute atomic E-state index is 0.0599. The normalized spacial score (nSPS) is 16.1. The van der Waals surface area contributed by atoms with Crippen LogP contribution in [0.1, 0.15) is 61.4 Å². The topological polar surface area (TPSA) is 40.6 Å². The number of amides is 2. The van der Waals surface area contributed by atoms with E-state index in [0.717, 1.165) is 61.9 Å². The fraction of sp³-hybridized carbons (Fsp3) is 0.417. The van der Waals surface area contributed by atoms with Gasteiger partial charge in [-0.2, -0.15) is 0 Å². The van der Waals surface area contributed by atoms with E-state index in [1.54, 1.807) is 4.90 Å². The predicted molar refractivity (Wildman–Crippen MR) is 113 cm³/mol. The van der Waals surface area contributed by atoms with Crippen LogP contribution in [0.3, 0.4) is 0 Å². The Morgan fingerprint density at radius 3 is 2.07 bits per heavy atom. The van der Waals surface area contributed by atoms with Crippen molar-refractivity contribution in [2.75, 3.05) is 18.0 Å². The van der Waals surface area contributed by atoms with Crippen LogP contribution < -0.4 is 4.90 Å². The Balaban J connectivity index is 1.98. The summed E-state index contributed by atoms with van der Waals surface area (Å²) in [5.41, 5.74) is 1.01. The van der Waals surface area contributed by atoms with Crippen LogP contribution in [0.15, 0.2) is 42.5 Å². The number of nitrogens with zero attached hydrogens (tertiary/aromatic N) is 2. The third-order valence-corrected chi connectivity index (χ3v) is 5.55. The van der Waals surface area contributed by atoms with Crippen LogP contribution in [0, 0.1) is 11.6 Å². The molecular formula is C24H28F2N2O2. The fourth-order valence-corrected chi connectivity index (χ4v) is 3.95. The van der Waals surface area contributed by atoms with E-state index in [4.69, 9.17) is 0 Å². The van der Waals surface area contributed by atoms with Crippen LogP contribution in [0.4, 0.5) is 14.5 Å². The van der Waals surface area contributed by atoms with Gasteiger partial charge < -0.3 is 9.80 Å². The Hall–Kier alpha value is -2.76. The Morgan fingerprint density at radius 1 is 0.800 bits per heavy atom. The standard InChI is InChI=1S/C24H28F2N2O2/c1-18(29)28-16-9-5-3-2-4-8-15-27(17-19-11-6-7-14-22(19)28)24(30)23-20(25)12-10-13-21(23)26/h6-7,10-14H,2-5,8-9,15-17H2,1H3. The minimum atomic E-state index is -0.860. The molecule has 0 N–H and O–H groups in total. The molecule has 3 rings (SSSR count). The maximum Gasteiger partial charge on any atom is 0.260 e. The van der Waals surface area contributed by atoms with Crippen molar-refractivity contribution in [2.24, 2.45) is 0 Å². The number of hydrogen-bond donors (Lipinski definition) is 0. The zero-order valence-corrected chi connectivity index (χ0v) is 17.4. The monoisotopic (exact) mass is 414 g/mol. The molecule has 2 aromatic rings. The van der Waals surface area contributed by atoms with Crippen LogP contribution in [-0.4, -0.2) is 29.8 Å². The van der Waals surface area contributed by atoms with Crippen molar-refractivity contribution in [2.45, 2.75) is 52.0 Å². The van der Waals surface area contributed by atoms with E-state index < -0.39 is 23.1 Å². The molecule has 0 aromatic heterocycles. The van der Waals surface area contributed by atoms with Crippen LogP contribution in [0.5, 0.6) is 0 Å². The summed E-state index contributed by atoms with van der Waals surface area (Å²) >= 11 is 0. The minimum Gasteiger partial charge on any atom is -0.334 e. The van der Waals surface area contributed by atoms with E-state index in [9.17, 15) is 18.4 Å². The summed E-state index contributed by atoms with van der Waals surface area (Å²) in [6, 6.07) is 10.9. The predicted octanol–water partition coefficient (Wildman–Crippen LogP) is 5.31. The Kier molecular flexibility index (Phi) is 7.55. The second kappa shape index (κ2) is 10.3. The van der Waals surface area contributed by atoms with E-state index in [1.807, 2.05) is 24.3 Å². The largest absolute Gasteiger partial charge is 0.334 e. The summed E-state index contributed by atoms with van der Waals surface area (Å²) in [6.45, 7) is 2.74. The van der Waals surface area contributed by atoms with Crippen LogP contribution >= 0.6 is 0 Å². The third-order valence-electron chi connectivity index (χ3n) is 5.55. The quantitative estimate of drug-likeness (QED) is 0.634. The maximum absolute atomic E-state index is 14.3. The van der Waals surface area contributed by atoms with Gasteiger partial charge in [-0.1, -0.05) is 49.9 Å². The second-order valence-corrected chi connectivity index (χ2v) is 7.74. The molecule has 0 fully saturated rings. The number of fused-ring (bicyclic) bond motifs is 1. The highest BCUT2D eigenvalue weighted by molar-refractivity contribution is 5.95. The summed E-state index contributed by atoms with van der Waals surface area (Å²) in [5.74, 6) is -2.44. The van der Waals surface area contributed by atoms with Crippen molar-refractivity contribution in [3.05, 3.63) is 65.2 Å². The summed E-state index contributed by atoms with van der Waals surface area (Å²) < 4.78 is 28.6. The van der Waals surface area contributed by atoms with Gasteiger partial charge in [-0.05, 0) is 36.6 Å². The first-order valence-corrected chi connectivity index (χ1v) is 10.6. The van der Waals surface area contributed by atoms with E-state index in [2.05, 4.69) is 0 Å². The molecule has 0 saturated carbocycles. The number of halogens is 2. The van der Waals surface area contributed by atoms with E-state index in [1.165, 1.54) is 17.9 Å². The van der Waals surface area contributed by atoms with Crippen molar-refractivity contribution >= 4 is 17.5 Å². The second-order valence-electron chi connectivity index (χ2n) is 7.74. The van der Waals surface area contributed by atoms with Gasteiger partial charge in [-0.3, -0.25) is 9.59 Å². The molecule has 160 valence electrons. The number of anilines is 1. The average molecular weight is 414 g/mol. The molecule has 2 amide bonds. The summed E-state index contributed by atoms with van der Waals surface area (Å²) in [6.07, 6.45) is 5.75. The Morgan fingerprint density at radius 2 is 1.40 bits per heavy atom. The molecule has 1 aliphatic heterocycles. The molecule has 0 unspecified atom stereocenters. The first-order valence-electron chi connectivity index (χ1n) is 10.6. The van der Waals surface area contributed by atoms with Gasteiger partial charge in [0.2, 0.25) is 5.91 Å². The molecule has 0 aliphatic carbocycles. The average Bonchev–Trinajstić information content (AvgIpc) is 2.73. The summed E-state index contributed by atoms with van der Waals surface area (Å²) in [5, 5.41) is 0.